The van der Waals surface area contributed by atoms with Gasteiger partial charge in [0.15, 0.2) is 0 Å². The molecule has 0 saturated carbocycles. The van der Waals surface area contributed by atoms with Crippen molar-refractivity contribution >= 4 is 44.9 Å². The Labute approximate surface area is 137 Å². The highest BCUT2D eigenvalue weighted by Gasteiger charge is 2.17. The molecule has 0 unspecified atom stereocenters. The van der Waals surface area contributed by atoms with E-state index < -0.39 is 0 Å². The third-order valence-corrected chi connectivity index (χ3v) is 4.75. The third-order valence-electron chi connectivity index (χ3n) is 3.44. The third kappa shape index (κ3) is 3.48. The van der Waals surface area contributed by atoms with Crippen molar-refractivity contribution in [1.29, 1.82) is 0 Å². The fourth-order valence-electron chi connectivity index (χ4n) is 2.23. The van der Waals surface area contributed by atoms with Gasteiger partial charge in [-0.05, 0) is 37.5 Å². The molecule has 22 heavy (non-hydrogen) atoms. The molecule has 8 heteroatoms. The van der Waals surface area contributed by atoms with Gasteiger partial charge in [0.05, 0.1) is 0 Å². The van der Waals surface area contributed by atoms with Crippen molar-refractivity contribution in [1.82, 2.24) is 10.2 Å². The van der Waals surface area contributed by atoms with Gasteiger partial charge in [0.1, 0.15) is 0 Å². The van der Waals surface area contributed by atoms with Crippen molar-refractivity contribution in [3.63, 3.8) is 0 Å². The number of nitrogens with one attached hydrogen (secondary N) is 2. The van der Waals surface area contributed by atoms with Gasteiger partial charge in [-0.25, -0.2) is 4.79 Å². The van der Waals surface area contributed by atoms with Crippen LogP contribution in [0, 0.1) is 6.92 Å². The molecule has 0 bridgehead atoms. The summed E-state index contributed by atoms with van der Waals surface area (Å²) in [6.45, 7) is 3.92. The number of aromatic nitrogens is 2. The van der Waals surface area contributed by atoms with Crippen LogP contribution in [0.5, 0.6) is 0 Å². The predicted octanol–water partition coefficient (Wildman–Crippen LogP) is 3.74. The molecule has 1 aromatic heterocycles. The molecular formula is C14H16ClN5OS. The van der Waals surface area contributed by atoms with Crippen LogP contribution in [0.3, 0.4) is 0 Å². The average molecular weight is 338 g/mol. The Morgan fingerprint density at radius 2 is 2.05 bits per heavy atom. The van der Waals surface area contributed by atoms with E-state index in [0.29, 0.717) is 15.8 Å². The van der Waals surface area contributed by atoms with Crippen LogP contribution in [-0.2, 0) is 0 Å². The van der Waals surface area contributed by atoms with E-state index in [1.54, 1.807) is 12.1 Å². The van der Waals surface area contributed by atoms with E-state index in [-0.39, 0.29) is 6.03 Å². The lowest BCUT2D eigenvalue weighted by atomic mass is 10.2. The maximum absolute atomic E-state index is 12.0. The number of hydrogen-bond acceptors (Lipinski definition) is 5. The lowest BCUT2D eigenvalue weighted by Crippen LogP contribution is -2.19. The number of halogens is 1. The van der Waals surface area contributed by atoms with E-state index in [4.69, 9.17) is 11.6 Å². The van der Waals surface area contributed by atoms with Gasteiger partial charge in [-0.2, -0.15) is 0 Å². The number of amides is 2. The molecule has 1 aromatic carbocycles. The van der Waals surface area contributed by atoms with Gasteiger partial charge in [0, 0.05) is 23.8 Å². The largest absolute Gasteiger partial charge is 0.347 e. The Morgan fingerprint density at radius 3 is 2.77 bits per heavy atom. The number of rotatable bonds is 3. The average Bonchev–Trinajstić information content (AvgIpc) is 3.13. The van der Waals surface area contributed by atoms with Gasteiger partial charge in [-0.15, -0.1) is 10.2 Å². The molecule has 2 amide bonds. The van der Waals surface area contributed by atoms with E-state index >= 15 is 0 Å². The van der Waals surface area contributed by atoms with Crippen molar-refractivity contribution in [3.05, 3.63) is 28.8 Å². The number of aryl methyl sites for hydroxylation is 1. The second kappa shape index (κ2) is 6.50. The smallest absolute Gasteiger partial charge is 0.325 e. The summed E-state index contributed by atoms with van der Waals surface area (Å²) in [5.41, 5.74) is 1.60. The minimum absolute atomic E-state index is 0.357. The van der Waals surface area contributed by atoms with Crippen LogP contribution in [-0.4, -0.2) is 29.3 Å². The van der Waals surface area contributed by atoms with Gasteiger partial charge in [0.25, 0.3) is 0 Å². The van der Waals surface area contributed by atoms with E-state index in [1.807, 2.05) is 13.0 Å². The molecule has 0 spiro atoms. The molecule has 1 aliphatic rings. The first kappa shape index (κ1) is 15.1. The first-order valence-electron chi connectivity index (χ1n) is 7.04. The van der Waals surface area contributed by atoms with Crippen LogP contribution < -0.4 is 15.5 Å². The predicted molar refractivity (Wildman–Crippen MR) is 90.2 cm³/mol. The molecule has 0 aliphatic carbocycles. The fraction of sp³-hybridized carbons (Fsp3) is 0.357. The lowest BCUT2D eigenvalue weighted by Gasteiger charge is -2.11. The zero-order chi connectivity index (χ0) is 15.5. The highest BCUT2D eigenvalue weighted by Crippen LogP contribution is 2.27. The Hall–Kier alpha value is -1.86. The summed E-state index contributed by atoms with van der Waals surface area (Å²) < 4.78 is 0. The number of carbonyl (C=O) groups excluding carboxylic acids is 1. The molecule has 1 fully saturated rings. The molecule has 0 radical (unpaired) electrons. The molecule has 6 nitrogen and oxygen atoms in total. The molecule has 2 aromatic rings. The van der Waals surface area contributed by atoms with Gasteiger partial charge < -0.3 is 10.2 Å². The quantitative estimate of drug-likeness (QED) is 0.895. The SMILES string of the molecule is Cc1ccc(NC(=O)Nc2nnc(N3CCCC3)s2)cc1Cl. The fourth-order valence-corrected chi connectivity index (χ4v) is 3.20. The standard InChI is InChI=1S/C14H16ClN5OS/c1-9-4-5-10(8-11(9)15)16-12(21)17-13-18-19-14(22-13)20-6-2-3-7-20/h4-5,8H,2-3,6-7H2,1H3,(H2,16,17,18,21). The van der Waals surface area contributed by atoms with Crippen LogP contribution in [0.25, 0.3) is 0 Å². The van der Waals surface area contributed by atoms with E-state index in [9.17, 15) is 4.79 Å². The summed E-state index contributed by atoms with van der Waals surface area (Å²) in [6, 6.07) is 5.01. The zero-order valence-electron chi connectivity index (χ0n) is 12.1. The first-order valence-corrected chi connectivity index (χ1v) is 8.24. The first-order chi connectivity index (χ1) is 10.6. The van der Waals surface area contributed by atoms with Crippen LogP contribution >= 0.6 is 22.9 Å². The van der Waals surface area contributed by atoms with E-state index in [2.05, 4.69) is 25.7 Å². The van der Waals surface area contributed by atoms with Crippen molar-refractivity contribution in [2.75, 3.05) is 28.6 Å². The molecule has 2 N–H and O–H groups in total. The summed E-state index contributed by atoms with van der Waals surface area (Å²) in [6.07, 6.45) is 2.36. The summed E-state index contributed by atoms with van der Waals surface area (Å²) in [5, 5.41) is 15.5. The Kier molecular flexibility index (Phi) is 4.44. The summed E-state index contributed by atoms with van der Waals surface area (Å²) in [5.74, 6) is 0. The van der Waals surface area contributed by atoms with Crippen molar-refractivity contribution < 1.29 is 4.79 Å². The van der Waals surface area contributed by atoms with Crippen molar-refractivity contribution in [2.24, 2.45) is 0 Å². The molecule has 0 atom stereocenters. The number of carbonyl (C=O) groups is 1. The van der Waals surface area contributed by atoms with E-state index in [1.165, 1.54) is 24.2 Å². The second-order valence-electron chi connectivity index (χ2n) is 5.13. The number of anilines is 3. The van der Waals surface area contributed by atoms with Gasteiger partial charge >= 0.3 is 6.03 Å². The Morgan fingerprint density at radius 1 is 1.27 bits per heavy atom. The molecule has 3 rings (SSSR count). The number of benzene rings is 1. The molecular weight excluding hydrogens is 322 g/mol. The Bertz CT molecular complexity index is 684. The molecule has 2 heterocycles. The maximum atomic E-state index is 12.0. The second-order valence-corrected chi connectivity index (χ2v) is 6.49. The van der Waals surface area contributed by atoms with Crippen molar-refractivity contribution in [3.8, 4) is 0 Å². The number of urea groups is 1. The lowest BCUT2D eigenvalue weighted by molar-refractivity contribution is 0.262. The van der Waals surface area contributed by atoms with Gasteiger partial charge in [0.2, 0.25) is 10.3 Å². The summed E-state index contributed by atoms with van der Waals surface area (Å²) in [7, 11) is 0. The van der Waals surface area contributed by atoms with Crippen LogP contribution in [0.4, 0.5) is 20.7 Å². The normalized spacial score (nSPS) is 14.2. The molecule has 1 saturated heterocycles. The van der Waals surface area contributed by atoms with Gasteiger partial charge in [-0.3, -0.25) is 5.32 Å². The highest BCUT2D eigenvalue weighted by atomic mass is 35.5. The van der Waals surface area contributed by atoms with Crippen LogP contribution in [0.2, 0.25) is 5.02 Å². The Balaban J connectivity index is 1.60. The highest BCUT2D eigenvalue weighted by molar-refractivity contribution is 7.19. The van der Waals surface area contributed by atoms with Crippen molar-refractivity contribution in [2.45, 2.75) is 19.8 Å². The van der Waals surface area contributed by atoms with Crippen LogP contribution in [0.1, 0.15) is 18.4 Å². The zero-order valence-corrected chi connectivity index (χ0v) is 13.7. The number of nitrogens with zero attached hydrogens (tertiary/aromatic N) is 3. The molecule has 1 aliphatic heterocycles. The minimum atomic E-state index is -0.357. The topological polar surface area (TPSA) is 70.1 Å². The van der Waals surface area contributed by atoms with Gasteiger partial charge in [-0.1, -0.05) is 29.0 Å². The van der Waals surface area contributed by atoms with E-state index in [0.717, 1.165) is 23.8 Å². The monoisotopic (exact) mass is 337 g/mol. The number of hydrogen-bond donors (Lipinski definition) is 2. The maximum Gasteiger partial charge on any atom is 0.325 e. The minimum Gasteiger partial charge on any atom is -0.347 e. The van der Waals surface area contributed by atoms with Crippen LogP contribution in [0.15, 0.2) is 18.2 Å². The molecule has 116 valence electrons. The summed E-state index contributed by atoms with van der Waals surface area (Å²) >= 11 is 7.42. The summed E-state index contributed by atoms with van der Waals surface area (Å²) in [4.78, 5) is 14.1.